The zero-order valence-corrected chi connectivity index (χ0v) is 10.9. The van der Waals surface area contributed by atoms with E-state index in [4.69, 9.17) is 23.2 Å². The smallest absolute Gasteiger partial charge is 0.0503 e. The molecule has 0 heterocycles. The Labute approximate surface area is 108 Å². The number of hydrogen-bond acceptors (Lipinski definition) is 0. The normalized spacial score (nSPS) is 19.1. The van der Waals surface area contributed by atoms with Crippen molar-refractivity contribution < 1.29 is 0 Å². The molecular formula is C14H17Cl2. The average molecular weight is 256 g/mol. The predicted octanol–water partition coefficient (Wildman–Crippen LogP) is 5.62. The number of halogens is 2. The van der Waals surface area contributed by atoms with Crippen LogP contribution in [0.25, 0.3) is 0 Å². The molecule has 1 aliphatic carbocycles. The molecular weight excluding hydrogens is 239 g/mol. The minimum Gasteiger partial charge on any atom is -0.0836 e. The SMILES string of the molecule is Clc1[c]c(Cl)cc(C2CCCCCCC2)c1. The minimum absolute atomic E-state index is 0.643. The molecule has 2 heteroatoms. The van der Waals surface area contributed by atoms with E-state index in [-0.39, 0.29) is 0 Å². The Hall–Kier alpha value is -0.200. The summed E-state index contributed by atoms with van der Waals surface area (Å²) in [4.78, 5) is 0. The van der Waals surface area contributed by atoms with E-state index in [1.54, 1.807) is 0 Å². The summed E-state index contributed by atoms with van der Waals surface area (Å²) >= 11 is 12.0. The van der Waals surface area contributed by atoms with Crippen LogP contribution in [0.1, 0.15) is 56.4 Å². The van der Waals surface area contributed by atoms with Gasteiger partial charge in [-0.25, -0.2) is 0 Å². The van der Waals surface area contributed by atoms with Gasteiger partial charge in [0.15, 0.2) is 0 Å². The Morgan fingerprint density at radius 2 is 1.38 bits per heavy atom. The highest BCUT2D eigenvalue weighted by molar-refractivity contribution is 6.34. The van der Waals surface area contributed by atoms with Crippen molar-refractivity contribution >= 4 is 23.2 Å². The van der Waals surface area contributed by atoms with Gasteiger partial charge in [0, 0.05) is 6.07 Å². The van der Waals surface area contributed by atoms with Crippen LogP contribution >= 0.6 is 23.2 Å². The Balaban J connectivity index is 2.13. The van der Waals surface area contributed by atoms with Gasteiger partial charge in [0.2, 0.25) is 0 Å². The van der Waals surface area contributed by atoms with E-state index in [0.29, 0.717) is 16.0 Å². The highest BCUT2D eigenvalue weighted by Crippen LogP contribution is 2.33. The Kier molecular flexibility index (Phi) is 4.55. The molecule has 0 nitrogen and oxygen atoms in total. The first kappa shape index (κ1) is 12.3. The van der Waals surface area contributed by atoms with Crippen LogP contribution in [0.3, 0.4) is 0 Å². The maximum atomic E-state index is 6.00. The average Bonchev–Trinajstić information content (AvgIpc) is 2.14. The van der Waals surface area contributed by atoms with Gasteiger partial charge in [0.25, 0.3) is 0 Å². The zero-order chi connectivity index (χ0) is 11.4. The lowest BCUT2D eigenvalue weighted by molar-refractivity contribution is 0.455. The van der Waals surface area contributed by atoms with Crippen LogP contribution in [0, 0.1) is 6.07 Å². The van der Waals surface area contributed by atoms with Gasteiger partial charge in [0.05, 0.1) is 10.0 Å². The van der Waals surface area contributed by atoms with Crippen LogP contribution in [0.5, 0.6) is 0 Å². The highest BCUT2D eigenvalue weighted by atomic mass is 35.5. The molecule has 1 radical (unpaired) electrons. The van der Waals surface area contributed by atoms with Crippen LogP contribution in [0.2, 0.25) is 10.0 Å². The molecule has 87 valence electrons. The van der Waals surface area contributed by atoms with Gasteiger partial charge in [0.1, 0.15) is 0 Å². The lowest BCUT2D eigenvalue weighted by Crippen LogP contribution is -2.02. The third-order valence-electron chi connectivity index (χ3n) is 3.40. The van der Waals surface area contributed by atoms with Crippen LogP contribution in [-0.4, -0.2) is 0 Å². The fraction of sp³-hybridized carbons (Fsp3) is 0.571. The third kappa shape index (κ3) is 3.40. The van der Waals surface area contributed by atoms with E-state index in [9.17, 15) is 0 Å². The summed E-state index contributed by atoms with van der Waals surface area (Å²) in [5.74, 6) is 0.643. The van der Waals surface area contributed by atoms with E-state index < -0.39 is 0 Å². The second-order valence-electron chi connectivity index (χ2n) is 4.65. The molecule has 2 rings (SSSR count). The molecule has 0 saturated heterocycles. The van der Waals surface area contributed by atoms with Crippen molar-refractivity contribution in [1.29, 1.82) is 0 Å². The van der Waals surface area contributed by atoms with Crippen molar-refractivity contribution in [1.82, 2.24) is 0 Å². The van der Waals surface area contributed by atoms with E-state index in [2.05, 4.69) is 6.07 Å². The minimum atomic E-state index is 0.643. The van der Waals surface area contributed by atoms with E-state index in [1.165, 1.54) is 50.5 Å². The first-order valence-electron chi connectivity index (χ1n) is 6.14. The molecule has 0 bridgehead atoms. The molecule has 16 heavy (non-hydrogen) atoms. The zero-order valence-electron chi connectivity index (χ0n) is 9.44. The molecule has 0 unspecified atom stereocenters. The Morgan fingerprint density at radius 3 is 1.94 bits per heavy atom. The maximum absolute atomic E-state index is 6.00. The summed E-state index contributed by atoms with van der Waals surface area (Å²) in [7, 11) is 0. The van der Waals surface area contributed by atoms with Crippen molar-refractivity contribution in [2.24, 2.45) is 0 Å². The van der Waals surface area contributed by atoms with Crippen LogP contribution in [-0.2, 0) is 0 Å². The van der Waals surface area contributed by atoms with Crippen molar-refractivity contribution in [3.05, 3.63) is 33.8 Å². The summed E-state index contributed by atoms with van der Waals surface area (Å²) in [6.45, 7) is 0. The molecule has 0 aromatic heterocycles. The standard InChI is InChI=1S/C14H17Cl2/c15-13-8-12(9-14(16)10-13)11-6-4-2-1-3-5-7-11/h8-9,11H,1-7H2. The van der Waals surface area contributed by atoms with Crippen molar-refractivity contribution in [3.63, 3.8) is 0 Å². The molecule has 1 saturated carbocycles. The topological polar surface area (TPSA) is 0 Å². The molecule has 1 fully saturated rings. The summed E-state index contributed by atoms with van der Waals surface area (Å²) in [6.07, 6.45) is 9.36. The second kappa shape index (κ2) is 5.93. The third-order valence-corrected chi connectivity index (χ3v) is 3.81. The van der Waals surface area contributed by atoms with Gasteiger partial charge >= 0.3 is 0 Å². The lowest BCUT2D eigenvalue weighted by atomic mass is 9.86. The summed E-state index contributed by atoms with van der Waals surface area (Å²) in [5, 5.41) is 1.29. The van der Waals surface area contributed by atoms with E-state index in [1.807, 2.05) is 12.1 Å². The van der Waals surface area contributed by atoms with Gasteiger partial charge in [-0.15, -0.1) is 0 Å². The molecule has 1 aromatic rings. The first-order chi connectivity index (χ1) is 7.75. The Morgan fingerprint density at radius 1 is 0.875 bits per heavy atom. The van der Waals surface area contributed by atoms with Gasteiger partial charge < -0.3 is 0 Å². The molecule has 0 spiro atoms. The summed E-state index contributed by atoms with van der Waals surface area (Å²) < 4.78 is 0. The highest BCUT2D eigenvalue weighted by Gasteiger charge is 2.14. The molecule has 0 aliphatic heterocycles. The first-order valence-corrected chi connectivity index (χ1v) is 6.89. The van der Waals surface area contributed by atoms with Crippen LogP contribution in [0.4, 0.5) is 0 Å². The second-order valence-corrected chi connectivity index (χ2v) is 5.47. The van der Waals surface area contributed by atoms with Gasteiger partial charge in [-0.05, 0) is 36.5 Å². The van der Waals surface area contributed by atoms with E-state index in [0.717, 1.165) is 0 Å². The molecule has 0 amide bonds. The van der Waals surface area contributed by atoms with Crippen molar-refractivity contribution in [2.75, 3.05) is 0 Å². The van der Waals surface area contributed by atoms with E-state index >= 15 is 0 Å². The molecule has 1 aromatic carbocycles. The quantitative estimate of drug-likeness (QED) is 0.611. The lowest BCUT2D eigenvalue weighted by Gasteiger charge is -2.20. The number of benzene rings is 1. The van der Waals surface area contributed by atoms with Gasteiger partial charge in [-0.3, -0.25) is 0 Å². The maximum Gasteiger partial charge on any atom is 0.0503 e. The van der Waals surface area contributed by atoms with Crippen LogP contribution < -0.4 is 0 Å². The fourth-order valence-corrected chi connectivity index (χ4v) is 3.05. The van der Waals surface area contributed by atoms with Crippen molar-refractivity contribution in [3.8, 4) is 0 Å². The largest absolute Gasteiger partial charge is 0.0836 e. The summed E-state index contributed by atoms with van der Waals surface area (Å²) in [6, 6.07) is 6.96. The molecule has 0 atom stereocenters. The predicted molar refractivity (Wildman–Crippen MR) is 70.4 cm³/mol. The fourth-order valence-electron chi connectivity index (χ4n) is 2.55. The molecule has 0 N–H and O–H groups in total. The number of rotatable bonds is 1. The van der Waals surface area contributed by atoms with Crippen molar-refractivity contribution in [2.45, 2.75) is 50.9 Å². The summed E-state index contributed by atoms with van der Waals surface area (Å²) in [5.41, 5.74) is 1.30. The molecule has 1 aliphatic rings. The Bertz CT molecular complexity index is 318. The van der Waals surface area contributed by atoms with Gasteiger partial charge in [-0.1, -0.05) is 55.3 Å². The number of hydrogen-bond donors (Lipinski definition) is 0. The van der Waals surface area contributed by atoms with Gasteiger partial charge in [-0.2, -0.15) is 0 Å². The van der Waals surface area contributed by atoms with Crippen LogP contribution in [0.15, 0.2) is 12.1 Å². The monoisotopic (exact) mass is 255 g/mol.